The monoisotopic (exact) mass is 519 g/mol. The number of halogens is 6. The van der Waals surface area contributed by atoms with Crippen molar-refractivity contribution in [1.82, 2.24) is 15.0 Å². The molecule has 1 amide bonds. The van der Waals surface area contributed by atoms with Crippen molar-refractivity contribution in [2.24, 2.45) is 0 Å². The highest BCUT2D eigenvalue weighted by Gasteiger charge is 2.39. The fourth-order valence-electron chi connectivity index (χ4n) is 3.59. The van der Waals surface area contributed by atoms with Crippen molar-refractivity contribution in [2.75, 3.05) is 13.1 Å². The zero-order chi connectivity index (χ0) is 25.6. The van der Waals surface area contributed by atoms with Crippen molar-refractivity contribution in [3.8, 4) is 11.4 Å². The van der Waals surface area contributed by atoms with Gasteiger partial charge in [-0.3, -0.25) is 4.79 Å². The summed E-state index contributed by atoms with van der Waals surface area (Å²) in [5, 5.41) is 2.27. The molecule has 1 atom stereocenters. The summed E-state index contributed by atoms with van der Waals surface area (Å²) < 4.78 is 106. The molecule has 0 saturated carbocycles. The standard InChI is InChI=1S/C21H15F6N3O4S/c22-20(23,24)14-5-1-13(2-6-14)18(31)30-10-9-16(11-30)35(32,33)15-7-3-12(4-8-15)17-28-19(34-29-17)21(25,26)27/h1-8,16H,9-11H2/t16-/m1/s1. The lowest BCUT2D eigenvalue weighted by atomic mass is 10.1. The van der Waals surface area contributed by atoms with Crippen LogP contribution in [0, 0.1) is 0 Å². The van der Waals surface area contributed by atoms with Gasteiger partial charge in [-0.05, 0) is 55.0 Å². The highest BCUT2D eigenvalue weighted by molar-refractivity contribution is 7.92. The Labute approximate surface area is 194 Å². The number of carbonyl (C=O) groups excluding carboxylic acids is 1. The van der Waals surface area contributed by atoms with Crippen molar-refractivity contribution < 1.29 is 44.1 Å². The largest absolute Gasteiger partial charge is 0.471 e. The number of rotatable bonds is 4. The molecule has 0 unspecified atom stereocenters. The van der Waals surface area contributed by atoms with Gasteiger partial charge in [-0.2, -0.15) is 31.3 Å². The maximum atomic E-state index is 13.0. The molecule has 0 radical (unpaired) electrons. The quantitative estimate of drug-likeness (QED) is 0.473. The molecule has 2 aromatic carbocycles. The molecule has 1 fully saturated rings. The Hall–Kier alpha value is -3.42. The first-order chi connectivity index (χ1) is 16.3. The van der Waals surface area contributed by atoms with Crippen LogP contribution in [0.1, 0.15) is 28.2 Å². The van der Waals surface area contributed by atoms with Gasteiger partial charge in [0.15, 0.2) is 9.84 Å². The van der Waals surface area contributed by atoms with E-state index in [1.165, 1.54) is 29.2 Å². The van der Waals surface area contributed by atoms with Crippen molar-refractivity contribution in [2.45, 2.75) is 28.9 Å². The third-order valence-electron chi connectivity index (χ3n) is 5.44. The molecule has 186 valence electrons. The fraction of sp³-hybridized carbons (Fsp3) is 0.286. The lowest BCUT2D eigenvalue weighted by Crippen LogP contribution is -2.32. The molecular weight excluding hydrogens is 504 g/mol. The van der Waals surface area contributed by atoms with Crippen molar-refractivity contribution in [3.05, 3.63) is 65.5 Å². The summed E-state index contributed by atoms with van der Waals surface area (Å²) in [5.41, 5.74) is -0.803. The predicted molar refractivity (Wildman–Crippen MR) is 108 cm³/mol. The van der Waals surface area contributed by atoms with Crippen LogP contribution in [0.3, 0.4) is 0 Å². The summed E-state index contributed by atoms with van der Waals surface area (Å²) in [6, 6.07) is 8.47. The molecule has 0 bridgehead atoms. The number of nitrogens with zero attached hydrogens (tertiary/aromatic N) is 3. The molecule has 7 nitrogen and oxygen atoms in total. The van der Waals surface area contributed by atoms with Crippen molar-refractivity contribution >= 4 is 15.7 Å². The number of likely N-dealkylation sites (tertiary alicyclic amines) is 1. The number of carbonyl (C=O) groups is 1. The van der Waals surface area contributed by atoms with E-state index in [0.29, 0.717) is 0 Å². The van der Waals surface area contributed by atoms with Crippen LogP contribution in [0.5, 0.6) is 0 Å². The lowest BCUT2D eigenvalue weighted by Gasteiger charge is -2.17. The smallest absolute Gasteiger partial charge is 0.337 e. The maximum absolute atomic E-state index is 13.0. The summed E-state index contributed by atoms with van der Waals surface area (Å²) >= 11 is 0. The SMILES string of the molecule is O=C(c1ccc(C(F)(F)F)cc1)N1CC[C@@H](S(=O)(=O)c2ccc(-c3noc(C(F)(F)F)n3)cc2)C1. The van der Waals surface area contributed by atoms with E-state index in [4.69, 9.17) is 0 Å². The second-order valence-corrected chi connectivity index (χ2v) is 9.96. The minimum Gasteiger partial charge on any atom is -0.337 e. The molecule has 1 aliphatic rings. The predicted octanol–water partition coefficient (Wildman–Crippen LogP) is 4.46. The van der Waals surface area contributed by atoms with Gasteiger partial charge < -0.3 is 9.42 Å². The van der Waals surface area contributed by atoms with Crippen LogP contribution >= 0.6 is 0 Å². The van der Waals surface area contributed by atoms with Crippen LogP contribution in [0.2, 0.25) is 0 Å². The minimum absolute atomic E-state index is 0.00117. The Kier molecular flexibility index (Phi) is 6.11. The number of hydrogen-bond donors (Lipinski definition) is 0. The molecule has 1 aliphatic heterocycles. The zero-order valence-electron chi connectivity index (χ0n) is 17.5. The maximum Gasteiger partial charge on any atom is 0.471 e. The number of alkyl halides is 6. The molecule has 0 spiro atoms. The van der Waals surface area contributed by atoms with Crippen LogP contribution < -0.4 is 0 Å². The summed E-state index contributed by atoms with van der Waals surface area (Å²) in [6.45, 7) is -0.0748. The normalized spacial score (nSPS) is 17.1. The summed E-state index contributed by atoms with van der Waals surface area (Å²) in [6.07, 6.45) is -9.26. The van der Waals surface area contributed by atoms with E-state index < -0.39 is 44.8 Å². The third-order valence-corrected chi connectivity index (χ3v) is 7.63. The van der Waals surface area contributed by atoms with E-state index in [0.717, 1.165) is 24.3 Å². The molecule has 1 aromatic heterocycles. The molecule has 2 heterocycles. The van der Waals surface area contributed by atoms with E-state index >= 15 is 0 Å². The highest BCUT2D eigenvalue weighted by Crippen LogP contribution is 2.32. The average Bonchev–Trinajstić information content (AvgIpc) is 3.49. The number of sulfone groups is 1. The summed E-state index contributed by atoms with van der Waals surface area (Å²) in [5.74, 6) is -2.49. The summed E-state index contributed by atoms with van der Waals surface area (Å²) in [4.78, 5) is 17.0. The van der Waals surface area contributed by atoms with Crippen LogP contribution in [0.4, 0.5) is 26.3 Å². The van der Waals surface area contributed by atoms with Crippen molar-refractivity contribution in [3.63, 3.8) is 0 Å². The van der Waals surface area contributed by atoms with Crippen LogP contribution in [0.15, 0.2) is 57.9 Å². The van der Waals surface area contributed by atoms with Gasteiger partial charge in [0.1, 0.15) is 0 Å². The first-order valence-electron chi connectivity index (χ1n) is 9.98. The second-order valence-electron chi connectivity index (χ2n) is 7.73. The van der Waals surface area contributed by atoms with Crippen LogP contribution in [0.25, 0.3) is 11.4 Å². The Morgan fingerprint density at radius 2 is 1.57 bits per heavy atom. The van der Waals surface area contributed by atoms with E-state index in [1.54, 1.807) is 0 Å². The highest BCUT2D eigenvalue weighted by atomic mass is 32.2. The number of hydrogen-bond acceptors (Lipinski definition) is 6. The van der Waals surface area contributed by atoms with Gasteiger partial charge in [-0.15, -0.1) is 0 Å². The number of amides is 1. The van der Waals surface area contributed by atoms with Gasteiger partial charge in [0, 0.05) is 24.2 Å². The second kappa shape index (κ2) is 8.66. The summed E-state index contributed by atoms with van der Waals surface area (Å²) in [7, 11) is -3.92. The Morgan fingerprint density at radius 1 is 0.943 bits per heavy atom. The van der Waals surface area contributed by atoms with Gasteiger partial charge >= 0.3 is 18.2 Å². The van der Waals surface area contributed by atoms with Crippen LogP contribution in [-0.4, -0.2) is 47.7 Å². The molecule has 14 heteroatoms. The molecule has 1 saturated heterocycles. The van der Waals surface area contributed by atoms with Gasteiger partial charge in [0.2, 0.25) is 5.82 Å². The van der Waals surface area contributed by atoms with Gasteiger partial charge in [-0.1, -0.05) is 5.16 Å². The Morgan fingerprint density at radius 3 is 2.11 bits per heavy atom. The Bertz CT molecular complexity index is 1330. The van der Waals surface area contributed by atoms with Gasteiger partial charge in [0.25, 0.3) is 5.91 Å². The molecule has 0 N–H and O–H groups in total. The molecule has 0 aliphatic carbocycles. The third kappa shape index (κ3) is 5.01. The lowest BCUT2D eigenvalue weighted by molar-refractivity contribution is -0.159. The molecule has 35 heavy (non-hydrogen) atoms. The zero-order valence-corrected chi connectivity index (χ0v) is 18.3. The number of aromatic nitrogens is 2. The average molecular weight is 519 g/mol. The minimum atomic E-state index is -4.82. The Balaban J connectivity index is 1.46. The van der Waals surface area contributed by atoms with Crippen molar-refractivity contribution in [1.29, 1.82) is 0 Å². The fourth-order valence-corrected chi connectivity index (χ4v) is 5.28. The van der Waals surface area contributed by atoms with E-state index in [1.807, 2.05) is 0 Å². The first kappa shape index (κ1) is 24.7. The van der Waals surface area contributed by atoms with Crippen LogP contribution in [-0.2, 0) is 22.2 Å². The first-order valence-corrected chi connectivity index (χ1v) is 11.5. The molecular formula is C21H15F6N3O4S. The van der Waals surface area contributed by atoms with E-state index in [-0.39, 0.29) is 41.4 Å². The topological polar surface area (TPSA) is 93.4 Å². The van der Waals surface area contributed by atoms with E-state index in [2.05, 4.69) is 14.7 Å². The van der Waals surface area contributed by atoms with E-state index in [9.17, 15) is 39.6 Å². The number of benzene rings is 2. The van der Waals surface area contributed by atoms with Gasteiger partial charge in [-0.25, -0.2) is 8.42 Å². The molecule has 3 aromatic rings. The molecule has 4 rings (SSSR count). The van der Waals surface area contributed by atoms with Gasteiger partial charge in [0.05, 0.1) is 15.7 Å².